The molecule has 15 heavy (non-hydrogen) atoms. The molecule has 1 aromatic rings. The van der Waals surface area contributed by atoms with Gasteiger partial charge >= 0.3 is 0 Å². The van der Waals surface area contributed by atoms with Crippen LogP contribution in [-0.4, -0.2) is 17.1 Å². The van der Waals surface area contributed by atoms with Crippen molar-refractivity contribution < 1.29 is 5.21 Å². The SMILES string of the molecule is CCC(Nc1cccc(Br)c1)C(N)=NO. The van der Waals surface area contributed by atoms with E-state index in [4.69, 9.17) is 10.9 Å². The highest BCUT2D eigenvalue weighted by atomic mass is 79.9. The van der Waals surface area contributed by atoms with Gasteiger partial charge in [-0.1, -0.05) is 34.1 Å². The lowest BCUT2D eigenvalue weighted by Gasteiger charge is -2.16. The fourth-order valence-electron chi connectivity index (χ4n) is 1.23. The fourth-order valence-corrected chi connectivity index (χ4v) is 1.63. The van der Waals surface area contributed by atoms with Gasteiger partial charge in [0.2, 0.25) is 0 Å². The summed E-state index contributed by atoms with van der Waals surface area (Å²) in [6.07, 6.45) is 0.752. The quantitative estimate of drug-likeness (QED) is 0.341. The molecule has 0 spiro atoms. The Balaban J connectivity index is 2.75. The van der Waals surface area contributed by atoms with Crippen LogP contribution in [0.3, 0.4) is 0 Å². The molecule has 0 aliphatic heterocycles. The van der Waals surface area contributed by atoms with Crippen LogP contribution in [0.15, 0.2) is 33.9 Å². The third-order valence-electron chi connectivity index (χ3n) is 2.05. The molecule has 0 radical (unpaired) electrons. The number of benzene rings is 1. The molecule has 0 bridgehead atoms. The van der Waals surface area contributed by atoms with Crippen molar-refractivity contribution in [2.24, 2.45) is 10.9 Å². The molecule has 1 rings (SSSR count). The Morgan fingerprint density at radius 3 is 2.93 bits per heavy atom. The Labute approximate surface area is 97.3 Å². The van der Waals surface area contributed by atoms with Crippen molar-refractivity contribution in [1.29, 1.82) is 0 Å². The van der Waals surface area contributed by atoms with Crippen LogP contribution in [0.25, 0.3) is 0 Å². The van der Waals surface area contributed by atoms with Crippen molar-refractivity contribution in [2.75, 3.05) is 5.32 Å². The van der Waals surface area contributed by atoms with Gasteiger partial charge < -0.3 is 16.3 Å². The number of nitrogens with two attached hydrogens (primary N) is 1. The maximum atomic E-state index is 8.58. The number of oxime groups is 1. The third kappa shape index (κ3) is 3.43. The average Bonchev–Trinajstić information content (AvgIpc) is 2.25. The molecule has 0 aliphatic rings. The number of hydrogen-bond acceptors (Lipinski definition) is 3. The van der Waals surface area contributed by atoms with Crippen LogP contribution >= 0.6 is 15.9 Å². The van der Waals surface area contributed by atoms with Crippen molar-refractivity contribution >= 4 is 27.5 Å². The molecule has 82 valence electrons. The first-order chi connectivity index (χ1) is 7.17. The number of rotatable bonds is 4. The van der Waals surface area contributed by atoms with Crippen molar-refractivity contribution in [2.45, 2.75) is 19.4 Å². The van der Waals surface area contributed by atoms with Crippen LogP contribution in [0.5, 0.6) is 0 Å². The van der Waals surface area contributed by atoms with Gasteiger partial charge in [0, 0.05) is 10.2 Å². The second kappa shape index (κ2) is 5.60. The Morgan fingerprint density at radius 1 is 1.67 bits per heavy atom. The number of amidine groups is 1. The van der Waals surface area contributed by atoms with Crippen molar-refractivity contribution in [3.05, 3.63) is 28.7 Å². The van der Waals surface area contributed by atoms with Gasteiger partial charge in [0.15, 0.2) is 5.84 Å². The van der Waals surface area contributed by atoms with Crippen LogP contribution in [0.1, 0.15) is 13.3 Å². The lowest BCUT2D eigenvalue weighted by atomic mass is 10.2. The molecule has 1 atom stereocenters. The predicted molar refractivity (Wildman–Crippen MR) is 65.3 cm³/mol. The smallest absolute Gasteiger partial charge is 0.161 e. The molecular formula is C10H14BrN3O. The van der Waals surface area contributed by atoms with E-state index in [0.29, 0.717) is 0 Å². The van der Waals surface area contributed by atoms with E-state index in [-0.39, 0.29) is 11.9 Å². The lowest BCUT2D eigenvalue weighted by molar-refractivity contribution is 0.316. The minimum absolute atomic E-state index is 0.149. The number of hydrogen-bond donors (Lipinski definition) is 3. The van der Waals surface area contributed by atoms with E-state index in [1.54, 1.807) is 0 Å². The number of halogens is 1. The molecule has 0 heterocycles. The molecule has 0 aromatic heterocycles. The molecule has 0 aliphatic carbocycles. The predicted octanol–water partition coefficient (Wildman–Crippen LogP) is 2.39. The van der Waals surface area contributed by atoms with Gasteiger partial charge in [-0.15, -0.1) is 0 Å². The third-order valence-corrected chi connectivity index (χ3v) is 2.54. The van der Waals surface area contributed by atoms with E-state index in [0.717, 1.165) is 16.6 Å². The highest BCUT2D eigenvalue weighted by molar-refractivity contribution is 9.10. The lowest BCUT2D eigenvalue weighted by Crippen LogP contribution is -2.35. The summed E-state index contributed by atoms with van der Waals surface area (Å²) in [5.74, 6) is 0.192. The normalized spacial score (nSPS) is 13.6. The second-order valence-electron chi connectivity index (χ2n) is 3.14. The fraction of sp³-hybridized carbons (Fsp3) is 0.300. The summed E-state index contributed by atoms with van der Waals surface area (Å²) in [4.78, 5) is 0. The van der Waals surface area contributed by atoms with Gasteiger partial charge in [0.1, 0.15) is 0 Å². The van der Waals surface area contributed by atoms with E-state index in [9.17, 15) is 0 Å². The molecule has 0 fully saturated rings. The first-order valence-electron chi connectivity index (χ1n) is 4.67. The molecule has 0 saturated heterocycles. The second-order valence-corrected chi connectivity index (χ2v) is 4.06. The maximum absolute atomic E-state index is 8.58. The van der Waals surface area contributed by atoms with E-state index in [1.807, 2.05) is 31.2 Å². The Hall–Kier alpha value is -1.23. The number of nitrogens with zero attached hydrogens (tertiary/aromatic N) is 1. The molecule has 0 amide bonds. The summed E-state index contributed by atoms with van der Waals surface area (Å²) in [5, 5.41) is 14.8. The molecule has 4 nitrogen and oxygen atoms in total. The zero-order valence-electron chi connectivity index (χ0n) is 8.44. The Bertz CT molecular complexity index is 354. The van der Waals surface area contributed by atoms with Crippen LogP contribution in [0.4, 0.5) is 5.69 Å². The van der Waals surface area contributed by atoms with Gasteiger partial charge in [-0.25, -0.2) is 0 Å². The van der Waals surface area contributed by atoms with Crippen molar-refractivity contribution in [1.82, 2.24) is 0 Å². The largest absolute Gasteiger partial charge is 0.409 e. The van der Waals surface area contributed by atoms with E-state index < -0.39 is 0 Å². The van der Waals surface area contributed by atoms with E-state index >= 15 is 0 Å². The summed E-state index contributed by atoms with van der Waals surface area (Å²) < 4.78 is 0.988. The Kier molecular flexibility index (Phi) is 4.42. The Morgan fingerprint density at radius 2 is 2.40 bits per heavy atom. The minimum atomic E-state index is -0.149. The molecule has 0 saturated carbocycles. The number of anilines is 1. The standard InChI is InChI=1S/C10H14BrN3O/c1-2-9(10(12)14-15)13-8-5-3-4-7(11)6-8/h3-6,9,13,15H,2H2,1H3,(H2,12,14). The molecule has 1 aromatic carbocycles. The van der Waals surface area contributed by atoms with Crippen LogP contribution in [0.2, 0.25) is 0 Å². The zero-order chi connectivity index (χ0) is 11.3. The first kappa shape index (κ1) is 11.8. The maximum Gasteiger partial charge on any atom is 0.161 e. The summed E-state index contributed by atoms with van der Waals surface area (Å²) >= 11 is 3.38. The summed E-state index contributed by atoms with van der Waals surface area (Å²) in [5.41, 5.74) is 6.47. The zero-order valence-corrected chi connectivity index (χ0v) is 10.0. The highest BCUT2D eigenvalue weighted by Crippen LogP contribution is 2.16. The average molecular weight is 272 g/mol. The van der Waals surface area contributed by atoms with Crippen molar-refractivity contribution in [3.63, 3.8) is 0 Å². The molecule has 4 N–H and O–H groups in total. The van der Waals surface area contributed by atoms with Gasteiger partial charge in [0.25, 0.3) is 0 Å². The van der Waals surface area contributed by atoms with Gasteiger partial charge in [-0.05, 0) is 24.6 Å². The summed E-state index contributed by atoms with van der Waals surface area (Å²) in [6.45, 7) is 1.97. The molecule has 5 heteroatoms. The van der Waals surface area contributed by atoms with E-state index in [2.05, 4.69) is 26.4 Å². The van der Waals surface area contributed by atoms with Crippen LogP contribution in [-0.2, 0) is 0 Å². The summed E-state index contributed by atoms with van der Waals surface area (Å²) in [7, 11) is 0. The monoisotopic (exact) mass is 271 g/mol. The topological polar surface area (TPSA) is 70.6 Å². The van der Waals surface area contributed by atoms with Gasteiger partial charge in [-0.3, -0.25) is 0 Å². The summed E-state index contributed by atoms with van der Waals surface area (Å²) in [6, 6.07) is 7.58. The first-order valence-corrected chi connectivity index (χ1v) is 5.46. The highest BCUT2D eigenvalue weighted by Gasteiger charge is 2.10. The van der Waals surface area contributed by atoms with E-state index in [1.165, 1.54) is 0 Å². The van der Waals surface area contributed by atoms with Crippen LogP contribution in [0, 0.1) is 0 Å². The molecule has 1 unspecified atom stereocenters. The van der Waals surface area contributed by atoms with Crippen molar-refractivity contribution in [3.8, 4) is 0 Å². The number of nitrogens with one attached hydrogen (secondary N) is 1. The van der Waals surface area contributed by atoms with Gasteiger partial charge in [0.05, 0.1) is 6.04 Å². The minimum Gasteiger partial charge on any atom is -0.409 e. The molecular weight excluding hydrogens is 258 g/mol. The van der Waals surface area contributed by atoms with Gasteiger partial charge in [-0.2, -0.15) is 0 Å². The van der Waals surface area contributed by atoms with Crippen LogP contribution < -0.4 is 11.1 Å².